The lowest BCUT2D eigenvalue weighted by atomic mass is 9.99. The zero-order chi connectivity index (χ0) is 15.8. The van der Waals surface area contributed by atoms with Crippen LogP contribution in [0.4, 0.5) is 0 Å². The Kier molecular flexibility index (Phi) is 9.53. The van der Waals surface area contributed by atoms with Crippen molar-refractivity contribution in [2.24, 2.45) is 11.7 Å². The highest BCUT2D eigenvalue weighted by atomic mass is 35.5. The van der Waals surface area contributed by atoms with Crippen LogP contribution in [0.15, 0.2) is 16.7 Å². The van der Waals surface area contributed by atoms with Gasteiger partial charge in [-0.1, -0.05) is 20.3 Å². The molecule has 22 heavy (non-hydrogen) atoms. The number of nitrogens with two attached hydrogens (primary N) is 1. The molecule has 6 nitrogen and oxygen atoms in total. The fourth-order valence-corrected chi connectivity index (χ4v) is 1.82. The molecule has 0 aliphatic carbocycles. The van der Waals surface area contributed by atoms with Crippen LogP contribution in [0.3, 0.4) is 0 Å². The molecule has 7 heteroatoms. The van der Waals surface area contributed by atoms with Gasteiger partial charge in [-0.25, -0.2) is 0 Å². The predicted molar refractivity (Wildman–Crippen MR) is 88.1 cm³/mol. The predicted octanol–water partition coefficient (Wildman–Crippen LogP) is 1.62. The van der Waals surface area contributed by atoms with Gasteiger partial charge >= 0.3 is 0 Å². The van der Waals surface area contributed by atoms with Crippen molar-refractivity contribution >= 4 is 24.2 Å². The average molecular weight is 332 g/mol. The van der Waals surface area contributed by atoms with Crippen molar-refractivity contribution < 1.29 is 14.0 Å². The van der Waals surface area contributed by atoms with Crippen molar-refractivity contribution in [2.75, 3.05) is 13.1 Å². The van der Waals surface area contributed by atoms with Crippen molar-refractivity contribution in [3.63, 3.8) is 0 Å². The summed E-state index contributed by atoms with van der Waals surface area (Å²) in [7, 11) is 0. The first-order chi connectivity index (χ1) is 9.97. The van der Waals surface area contributed by atoms with Gasteiger partial charge in [0.15, 0.2) is 5.76 Å². The van der Waals surface area contributed by atoms with Gasteiger partial charge in [-0.05, 0) is 25.3 Å². The molecular formula is C15H26ClN3O3. The molecule has 2 amide bonds. The zero-order valence-electron chi connectivity index (χ0n) is 13.3. The largest absolute Gasteiger partial charge is 0.459 e. The van der Waals surface area contributed by atoms with Gasteiger partial charge in [-0.3, -0.25) is 9.59 Å². The first kappa shape index (κ1) is 20.5. The molecule has 2 atom stereocenters. The van der Waals surface area contributed by atoms with E-state index in [0.717, 1.165) is 12.0 Å². The number of carbonyl (C=O) groups is 2. The van der Waals surface area contributed by atoms with Crippen molar-refractivity contribution in [3.05, 3.63) is 23.7 Å². The van der Waals surface area contributed by atoms with Gasteiger partial charge < -0.3 is 20.8 Å². The van der Waals surface area contributed by atoms with Crippen LogP contribution in [0.5, 0.6) is 0 Å². The van der Waals surface area contributed by atoms with E-state index < -0.39 is 6.04 Å². The van der Waals surface area contributed by atoms with E-state index in [9.17, 15) is 9.59 Å². The van der Waals surface area contributed by atoms with E-state index in [4.69, 9.17) is 10.2 Å². The lowest BCUT2D eigenvalue weighted by Crippen LogP contribution is -2.45. The van der Waals surface area contributed by atoms with Crippen LogP contribution >= 0.6 is 12.4 Å². The maximum atomic E-state index is 11.7. The second-order valence-electron chi connectivity index (χ2n) is 5.24. The minimum atomic E-state index is -0.477. The van der Waals surface area contributed by atoms with Crippen molar-refractivity contribution in [1.29, 1.82) is 0 Å². The minimum absolute atomic E-state index is 0. The lowest BCUT2D eigenvalue weighted by Gasteiger charge is -2.17. The summed E-state index contributed by atoms with van der Waals surface area (Å²) in [4.78, 5) is 23.5. The van der Waals surface area contributed by atoms with Gasteiger partial charge in [0.25, 0.3) is 5.91 Å². The van der Waals surface area contributed by atoms with E-state index in [1.54, 1.807) is 6.07 Å². The summed E-state index contributed by atoms with van der Waals surface area (Å²) in [5.41, 5.74) is 6.63. The molecule has 0 aliphatic rings. The third kappa shape index (κ3) is 6.07. The SMILES string of the molecule is CCC(C)C(N)C(=O)NCCCNC(=O)c1occc1C.Cl. The Labute approximate surface area is 137 Å². The van der Waals surface area contributed by atoms with Crippen LogP contribution in [0.25, 0.3) is 0 Å². The third-order valence-corrected chi connectivity index (χ3v) is 3.57. The summed E-state index contributed by atoms with van der Waals surface area (Å²) in [5.74, 6) is 0.113. The highest BCUT2D eigenvalue weighted by Crippen LogP contribution is 2.08. The van der Waals surface area contributed by atoms with Gasteiger partial charge in [0.2, 0.25) is 5.91 Å². The average Bonchev–Trinajstić information content (AvgIpc) is 2.90. The number of halogens is 1. The number of furan rings is 1. The van der Waals surface area contributed by atoms with Crippen molar-refractivity contribution in [2.45, 2.75) is 39.7 Å². The fourth-order valence-electron chi connectivity index (χ4n) is 1.82. The van der Waals surface area contributed by atoms with E-state index in [1.165, 1.54) is 6.26 Å². The fraction of sp³-hybridized carbons (Fsp3) is 0.600. The monoisotopic (exact) mass is 331 g/mol. The van der Waals surface area contributed by atoms with E-state index in [2.05, 4.69) is 10.6 Å². The first-order valence-electron chi connectivity index (χ1n) is 7.33. The minimum Gasteiger partial charge on any atom is -0.459 e. The molecule has 1 aromatic heterocycles. The van der Waals surface area contributed by atoms with E-state index >= 15 is 0 Å². The van der Waals surface area contributed by atoms with Crippen LogP contribution < -0.4 is 16.4 Å². The molecule has 1 heterocycles. The topological polar surface area (TPSA) is 97.4 Å². The molecule has 1 rings (SSSR count). The van der Waals surface area contributed by atoms with Gasteiger partial charge in [-0.15, -0.1) is 12.4 Å². The molecule has 0 fully saturated rings. The third-order valence-electron chi connectivity index (χ3n) is 3.57. The molecule has 4 N–H and O–H groups in total. The summed E-state index contributed by atoms with van der Waals surface area (Å²) in [5, 5.41) is 5.53. The zero-order valence-corrected chi connectivity index (χ0v) is 14.2. The lowest BCUT2D eigenvalue weighted by molar-refractivity contribution is -0.123. The molecule has 1 aromatic rings. The second kappa shape index (κ2) is 10.2. The Morgan fingerprint density at radius 3 is 2.50 bits per heavy atom. The molecule has 0 aliphatic heterocycles. The van der Waals surface area contributed by atoms with Crippen LogP contribution in [0.2, 0.25) is 0 Å². The summed E-state index contributed by atoms with van der Waals surface area (Å²) < 4.78 is 5.09. The Hall–Kier alpha value is -1.53. The number of hydrogen-bond acceptors (Lipinski definition) is 4. The number of nitrogens with one attached hydrogen (secondary N) is 2. The molecular weight excluding hydrogens is 306 g/mol. The van der Waals surface area contributed by atoms with Crippen molar-refractivity contribution in [1.82, 2.24) is 10.6 Å². The number of carbonyl (C=O) groups excluding carboxylic acids is 2. The Morgan fingerprint density at radius 1 is 1.32 bits per heavy atom. The van der Waals surface area contributed by atoms with Crippen molar-refractivity contribution in [3.8, 4) is 0 Å². The highest BCUT2D eigenvalue weighted by molar-refractivity contribution is 5.92. The molecule has 0 saturated heterocycles. The van der Waals surface area contributed by atoms with E-state index in [0.29, 0.717) is 25.3 Å². The first-order valence-corrected chi connectivity index (χ1v) is 7.33. The second-order valence-corrected chi connectivity index (χ2v) is 5.24. The summed E-state index contributed by atoms with van der Waals surface area (Å²) in [6.45, 7) is 6.73. The molecule has 0 aromatic carbocycles. The number of aryl methyl sites for hydroxylation is 1. The van der Waals surface area contributed by atoms with Crippen LogP contribution in [0, 0.1) is 12.8 Å². The Bertz CT molecular complexity index is 476. The maximum absolute atomic E-state index is 11.7. The molecule has 0 bridgehead atoms. The number of rotatable bonds is 8. The van der Waals surface area contributed by atoms with Crippen LogP contribution in [-0.2, 0) is 4.79 Å². The van der Waals surface area contributed by atoms with Gasteiger partial charge in [-0.2, -0.15) is 0 Å². The quantitative estimate of drug-likeness (QED) is 0.630. The van der Waals surface area contributed by atoms with E-state index in [-0.39, 0.29) is 30.1 Å². The molecule has 0 radical (unpaired) electrons. The molecule has 0 spiro atoms. The smallest absolute Gasteiger partial charge is 0.287 e. The van der Waals surface area contributed by atoms with Crippen LogP contribution in [0.1, 0.15) is 42.8 Å². The molecule has 126 valence electrons. The van der Waals surface area contributed by atoms with E-state index in [1.807, 2.05) is 20.8 Å². The number of hydrogen-bond donors (Lipinski definition) is 3. The Morgan fingerprint density at radius 2 is 1.95 bits per heavy atom. The summed E-state index contributed by atoms with van der Waals surface area (Å²) >= 11 is 0. The normalized spacial score (nSPS) is 12.9. The van der Waals surface area contributed by atoms with Gasteiger partial charge in [0.05, 0.1) is 12.3 Å². The van der Waals surface area contributed by atoms with Gasteiger partial charge in [0, 0.05) is 18.7 Å². The molecule has 2 unspecified atom stereocenters. The summed E-state index contributed by atoms with van der Waals surface area (Å²) in [6.07, 6.45) is 3.00. The maximum Gasteiger partial charge on any atom is 0.287 e. The standard InChI is InChI=1S/C15H25N3O3.ClH/c1-4-10(2)12(16)14(19)17-7-5-8-18-15(20)13-11(3)6-9-21-13;/h6,9-10,12H,4-5,7-8,16H2,1-3H3,(H,17,19)(H,18,20);1H. The summed E-state index contributed by atoms with van der Waals surface area (Å²) in [6, 6.07) is 1.26. The molecule has 0 saturated carbocycles. The number of amides is 2. The Balaban J connectivity index is 0.00000441. The van der Waals surface area contributed by atoms with Gasteiger partial charge in [0.1, 0.15) is 0 Å². The van der Waals surface area contributed by atoms with Crippen LogP contribution in [-0.4, -0.2) is 30.9 Å². The highest BCUT2D eigenvalue weighted by Gasteiger charge is 2.18.